The molecule has 0 saturated heterocycles. The summed E-state index contributed by atoms with van der Waals surface area (Å²) in [5.41, 5.74) is 0.775. The molecule has 2 aromatic rings. The number of benzene rings is 2. The quantitative estimate of drug-likeness (QED) is 0.352. The molecule has 8 heteroatoms. The molecule has 0 aliphatic rings. The molecule has 0 spiro atoms. The van der Waals surface area contributed by atoms with Gasteiger partial charge in [0.25, 0.3) is 0 Å². The molecule has 0 radical (unpaired) electrons. The number of nitrogens with one attached hydrogen (secondary N) is 1. The smallest absolute Gasteiger partial charge is 0.412 e. The Bertz CT molecular complexity index is 843. The van der Waals surface area contributed by atoms with E-state index in [1.807, 2.05) is 38.1 Å². The maximum atomic E-state index is 12.6. The number of ether oxygens (including phenoxy) is 3. The van der Waals surface area contributed by atoms with Crippen LogP contribution in [0.2, 0.25) is 0 Å². The van der Waals surface area contributed by atoms with Crippen molar-refractivity contribution in [3.63, 3.8) is 0 Å². The molecule has 2 aromatic carbocycles. The lowest BCUT2D eigenvalue weighted by atomic mass is 9.80. The molecule has 0 aromatic heterocycles. The Morgan fingerprint density at radius 2 is 1.84 bits per heavy atom. The lowest BCUT2D eigenvalue weighted by Crippen LogP contribution is -2.30. The third kappa shape index (κ3) is 8.15. The van der Waals surface area contributed by atoms with Crippen LogP contribution in [0.3, 0.4) is 0 Å². The number of para-hydroxylation sites is 1. The number of aliphatic hydroxyl groups excluding tert-OH is 1. The fourth-order valence-electron chi connectivity index (χ4n) is 2.99. The largest absolute Gasteiger partial charge is 0.491 e. The molecule has 7 nitrogen and oxygen atoms in total. The molecule has 1 amide bonds. The lowest BCUT2D eigenvalue weighted by molar-refractivity contribution is -0.141. The van der Waals surface area contributed by atoms with Gasteiger partial charge in [-0.25, -0.2) is 4.79 Å². The van der Waals surface area contributed by atoms with Gasteiger partial charge < -0.3 is 19.3 Å². The second-order valence-corrected chi connectivity index (χ2v) is 7.85. The summed E-state index contributed by atoms with van der Waals surface area (Å²) in [7, 11) is 0. The first kappa shape index (κ1) is 24.6. The maximum Gasteiger partial charge on any atom is 0.412 e. The van der Waals surface area contributed by atoms with Crippen molar-refractivity contribution >= 4 is 30.4 Å². The van der Waals surface area contributed by atoms with Gasteiger partial charge in [0.05, 0.1) is 19.0 Å². The number of rotatable bonds is 11. The van der Waals surface area contributed by atoms with Crippen molar-refractivity contribution in [2.24, 2.45) is 5.41 Å². The van der Waals surface area contributed by atoms with E-state index < -0.39 is 23.6 Å². The third-order valence-electron chi connectivity index (χ3n) is 4.61. The summed E-state index contributed by atoms with van der Waals surface area (Å²) in [4.78, 5) is 24.1. The number of hydrogen-bond donors (Lipinski definition) is 3. The molecular formula is C23H29NO6S. The van der Waals surface area contributed by atoms with Crippen LogP contribution in [0.15, 0.2) is 54.6 Å². The molecular weight excluding hydrogens is 418 g/mol. The Morgan fingerprint density at radius 1 is 1.10 bits per heavy atom. The third-order valence-corrected chi connectivity index (χ3v) is 4.87. The van der Waals surface area contributed by atoms with Crippen LogP contribution in [0.1, 0.15) is 31.9 Å². The molecule has 168 valence electrons. The van der Waals surface area contributed by atoms with Gasteiger partial charge in [-0.3, -0.25) is 10.1 Å². The van der Waals surface area contributed by atoms with E-state index in [1.165, 1.54) is 0 Å². The first-order chi connectivity index (χ1) is 14.9. The van der Waals surface area contributed by atoms with Gasteiger partial charge in [-0.2, -0.15) is 12.6 Å². The van der Waals surface area contributed by atoms with E-state index in [2.05, 4.69) is 17.9 Å². The van der Waals surface area contributed by atoms with Crippen molar-refractivity contribution in [1.29, 1.82) is 0 Å². The molecule has 0 fully saturated rings. The second-order valence-electron chi connectivity index (χ2n) is 7.54. The van der Waals surface area contributed by atoms with Crippen LogP contribution in [0, 0.1) is 5.41 Å². The summed E-state index contributed by atoms with van der Waals surface area (Å²) in [5.74, 6) is 0.156. The monoisotopic (exact) mass is 447 g/mol. The maximum absolute atomic E-state index is 12.6. The Kier molecular flexibility index (Phi) is 9.68. The highest BCUT2D eigenvalue weighted by Crippen LogP contribution is 2.40. The Labute approximate surface area is 188 Å². The number of esters is 1. The van der Waals surface area contributed by atoms with Gasteiger partial charge >= 0.3 is 12.1 Å². The van der Waals surface area contributed by atoms with Gasteiger partial charge in [0.2, 0.25) is 0 Å². The number of carbonyl (C=O) groups is 2. The Hall–Kier alpha value is -2.71. The van der Waals surface area contributed by atoms with Crippen LogP contribution >= 0.6 is 12.6 Å². The van der Waals surface area contributed by atoms with Crippen molar-refractivity contribution < 1.29 is 28.9 Å². The fourth-order valence-corrected chi connectivity index (χ4v) is 3.08. The van der Waals surface area contributed by atoms with Gasteiger partial charge in [-0.1, -0.05) is 44.2 Å². The first-order valence-corrected chi connectivity index (χ1v) is 10.6. The Balaban J connectivity index is 2.21. The zero-order valence-corrected chi connectivity index (χ0v) is 18.6. The van der Waals surface area contributed by atoms with Crippen LogP contribution in [0.25, 0.3) is 0 Å². The van der Waals surface area contributed by atoms with Crippen LogP contribution < -0.4 is 10.1 Å². The van der Waals surface area contributed by atoms with Gasteiger partial charge in [-0.05, 0) is 36.2 Å². The first-order valence-electron chi connectivity index (χ1n) is 9.98. The summed E-state index contributed by atoms with van der Waals surface area (Å²) < 4.78 is 16.5. The lowest BCUT2D eigenvalue weighted by Gasteiger charge is -2.34. The highest BCUT2D eigenvalue weighted by molar-refractivity contribution is 7.81. The molecule has 0 aliphatic heterocycles. The van der Waals surface area contributed by atoms with Crippen molar-refractivity contribution in [3.8, 4) is 5.75 Å². The molecule has 0 saturated carbocycles. The van der Waals surface area contributed by atoms with E-state index in [0.29, 0.717) is 17.9 Å². The standard InChI is InChI=1S/C23H29NO6S/c1-23(2,11-13-29-20(26)16-31)21(17-7-6-10-19(15-17)28-14-12-25)30-22(27)24-18-8-4-3-5-9-18/h3-10,15,21,25,31H,11-14,16H2,1-2H3,(H,24,27)/t21-/m1/s1. The molecule has 0 heterocycles. The van der Waals surface area contributed by atoms with E-state index >= 15 is 0 Å². The predicted octanol–water partition coefficient (Wildman–Crippen LogP) is 4.24. The van der Waals surface area contributed by atoms with Crippen molar-refractivity contribution in [2.75, 3.05) is 30.9 Å². The van der Waals surface area contributed by atoms with Gasteiger partial charge in [-0.15, -0.1) is 0 Å². The molecule has 0 unspecified atom stereocenters. The summed E-state index contributed by atoms with van der Waals surface area (Å²) in [6, 6.07) is 16.2. The molecule has 2 N–H and O–H groups in total. The SMILES string of the molecule is CC(C)(CCOC(=O)CS)[C@H](OC(=O)Nc1ccccc1)c1cccc(OCCO)c1. The van der Waals surface area contributed by atoms with E-state index in [9.17, 15) is 9.59 Å². The normalized spacial score (nSPS) is 12.0. The van der Waals surface area contributed by atoms with Crippen LogP contribution in [0.4, 0.5) is 10.5 Å². The topological polar surface area (TPSA) is 94.1 Å². The zero-order valence-electron chi connectivity index (χ0n) is 17.7. The summed E-state index contributed by atoms with van der Waals surface area (Å²) >= 11 is 3.91. The zero-order chi connectivity index (χ0) is 22.7. The molecule has 0 aliphatic carbocycles. The predicted molar refractivity (Wildman–Crippen MR) is 122 cm³/mol. The summed E-state index contributed by atoms with van der Waals surface area (Å²) in [6.45, 7) is 4.10. The highest BCUT2D eigenvalue weighted by Gasteiger charge is 2.35. The summed E-state index contributed by atoms with van der Waals surface area (Å²) in [6.07, 6.45) is -0.792. The van der Waals surface area contributed by atoms with Crippen molar-refractivity contribution in [2.45, 2.75) is 26.4 Å². The fraction of sp³-hybridized carbons (Fsp3) is 0.391. The van der Waals surface area contributed by atoms with E-state index in [4.69, 9.17) is 19.3 Å². The molecule has 31 heavy (non-hydrogen) atoms. The number of hydrogen-bond acceptors (Lipinski definition) is 7. The Morgan fingerprint density at radius 3 is 2.52 bits per heavy atom. The molecule has 0 bridgehead atoms. The number of amides is 1. The summed E-state index contributed by atoms with van der Waals surface area (Å²) in [5, 5.41) is 11.7. The van der Waals surface area contributed by atoms with Gasteiger partial charge in [0.1, 0.15) is 18.5 Å². The average molecular weight is 448 g/mol. The second kappa shape index (κ2) is 12.2. The van der Waals surface area contributed by atoms with E-state index in [0.717, 1.165) is 5.56 Å². The van der Waals surface area contributed by atoms with Crippen LogP contribution in [-0.2, 0) is 14.3 Å². The van der Waals surface area contributed by atoms with Crippen molar-refractivity contribution in [1.82, 2.24) is 0 Å². The number of carbonyl (C=O) groups excluding carboxylic acids is 2. The van der Waals surface area contributed by atoms with Crippen molar-refractivity contribution in [3.05, 3.63) is 60.2 Å². The number of anilines is 1. The van der Waals surface area contributed by atoms with Crippen LogP contribution in [-0.4, -0.2) is 42.7 Å². The number of thiol groups is 1. The van der Waals surface area contributed by atoms with Crippen LogP contribution in [0.5, 0.6) is 5.75 Å². The van der Waals surface area contributed by atoms with E-state index in [1.54, 1.807) is 30.3 Å². The minimum Gasteiger partial charge on any atom is -0.491 e. The minimum absolute atomic E-state index is 0.00405. The molecule has 2 rings (SSSR count). The minimum atomic E-state index is -0.649. The highest BCUT2D eigenvalue weighted by atomic mass is 32.1. The van der Waals surface area contributed by atoms with Gasteiger partial charge in [0.15, 0.2) is 0 Å². The average Bonchev–Trinajstić information content (AvgIpc) is 2.76. The van der Waals surface area contributed by atoms with Gasteiger partial charge in [0, 0.05) is 11.1 Å². The molecule has 1 atom stereocenters. The number of aliphatic hydroxyl groups is 1. The van der Waals surface area contributed by atoms with E-state index in [-0.39, 0.29) is 25.6 Å².